The summed E-state index contributed by atoms with van der Waals surface area (Å²) >= 11 is 0. The van der Waals surface area contributed by atoms with Gasteiger partial charge in [0.05, 0.1) is 0 Å². The molecule has 1 N–H and O–H groups in total. The predicted octanol–water partition coefficient (Wildman–Crippen LogP) is 2.91. The number of rotatable bonds is 9. The van der Waals surface area contributed by atoms with Crippen LogP contribution in [0.3, 0.4) is 0 Å². The minimum atomic E-state index is 0.0734. The molecule has 0 aliphatic heterocycles. The molecule has 0 aliphatic carbocycles. The molecule has 0 aromatic heterocycles. The number of nitrogens with one attached hydrogen (secondary N) is 1. The van der Waals surface area contributed by atoms with Crippen LogP contribution in [0, 0.1) is 11.8 Å². The Bertz CT molecular complexity index is 225. The van der Waals surface area contributed by atoms with Crippen molar-refractivity contribution in [2.24, 2.45) is 11.8 Å². The summed E-state index contributed by atoms with van der Waals surface area (Å²) in [6, 6.07) is 0.393. The van der Waals surface area contributed by atoms with Crippen LogP contribution in [0.5, 0.6) is 0 Å². The largest absolute Gasteiger partial charge is 0.339 e. The van der Waals surface area contributed by atoms with E-state index in [4.69, 9.17) is 0 Å². The van der Waals surface area contributed by atoms with Gasteiger partial charge < -0.3 is 10.2 Å². The third kappa shape index (κ3) is 5.85. The second-order valence-electron chi connectivity index (χ2n) is 5.56. The molecule has 3 heteroatoms. The fourth-order valence-corrected chi connectivity index (χ4v) is 2.27. The maximum Gasteiger partial charge on any atom is 0.226 e. The van der Waals surface area contributed by atoms with Crippen molar-refractivity contribution in [2.45, 2.75) is 60.4 Å². The van der Waals surface area contributed by atoms with E-state index in [1.807, 2.05) is 6.92 Å². The van der Waals surface area contributed by atoms with Crippen molar-refractivity contribution in [3.63, 3.8) is 0 Å². The van der Waals surface area contributed by atoms with Gasteiger partial charge in [-0.3, -0.25) is 4.79 Å². The van der Waals surface area contributed by atoms with Gasteiger partial charge in [0.15, 0.2) is 0 Å². The van der Waals surface area contributed by atoms with Crippen LogP contribution in [0.2, 0.25) is 0 Å². The molecule has 0 bridgehead atoms. The van der Waals surface area contributed by atoms with Crippen molar-refractivity contribution in [2.75, 3.05) is 19.6 Å². The van der Waals surface area contributed by atoms with Crippen molar-refractivity contribution < 1.29 is 4.79 Å². The van der Waals surface area contributed by atoms with E-state index < -0.39 is 0 Å². The predicted molar refractivity (Wildman–Crippen MR) is 78.6 cm³/mol. The van der Waals surface area contributed by atoms with Crippen molar-refractivity contribution in [1.82, 2.24) is 10.2 Å². The molecule has 0 radical (unpaired) electrons. The number of nitrogens with zero attached hydrogens (tertiary/aromatic N) is 1. The zero-order valence-corrected chi connectivity index (χ0v) is 13.1. The standard InChI is InChI=1S/C15H32N2O/c1-7-14(8-2)17(11-12(4)5)15(18)13(6)10-16-9-3/h12-14,16H,7-11H2,1-6H3. The molecule has 18 heavy (non-hydrogen) atoms. The SMILES string of the molecule is CCNCC(C)C(=O)N(CC(C)C)C(CC)CC. The van der Waals surface area contributed by atoms with Crippen LogP contribution in [-0.2, 0) is 4.79 Å². The quantitative estimate of drug-likeness (QED) is 0.688. The van der Waals surface area contributed by atoms with Crippen LogP contribution in [-0.4, -0.2) is 36.5 Å². The molecule has 0 heterocycles. The number of hydrogen-bond donors (Lipinski definition) is 1. The monoisotopic (exact) mass is 256 g/mol. The summed E-state index contributed by atoms with van der Waals surface area (Å²) in [5.74, 6) is 0.906. The highest BCUT2D eigenvalue weighted by molar-refractivity contribution is 5.79. The summed E-state index contributed by atoms with van der Waals surface area (Å²) in [5.41, 5.74) is 0. The first-order valence-corrected chi connectivity index (χ1v) is 7.48. The van der Waals surface area contributed by atoms with Gasteiger partial charge in [0.2, 0.25) is 5.91 Å². The van der Waals surface area contributed by atoms with E-state index in [1.54, 1.807) is 0 Å². The fraction of sp³-hybridized carbons (Fsp3) is 0.933. The van der Waals surface area contributed by atoms with Gasteiger partial charge in [-0.05, 0) is 25.3 Å². The van der Waals surface area contributed by atoms with Crippen molar-refractivity contribution >= 4 is 5.91 Å². The molecule has 0 spiro atoms. The smallest absolute Gasteiger partial charge is 0.226 e. The number of amides is 1. The average molecular weight is 256 g/mol. The molecule has 3 nitrogen and oxygen atoms in total. The first-order chi connectivity index (χ1) is 8.47. The lowest BCUT2D eigenvalue weighted by Gasteiger charge is -2.34. The number of carbonyl (C=O) groups is 1. The van der Waals surface area contributed by atoms with Gasteiger partial charge >= 0.3 is 0 Å². The van der Waals surface area contributed by atoms with Crippen LogP contribution in [0.15, 0.2) is 0 Å². The van der Waals surface area contributed by atoms with E-state index in [9.17, 15) is 4.79 Å². The third-order valence-corrected chi connectivity index (χ3v) is 3.35. The van der Waals surface area contributed by atoms with Crippen LogP contribution in [0.4, 0.5) is 0 Å². The second-order valence-corrected chi connectivity index (χ2v) is 5.56. The average Bonchev–Trinajstić information content (AvgIpc) is 2.34. The molecule has 0 saturated heterocycles. The van der Waals surface area contributed by atoms with E-state index in [0.29, 0.717) is 17.9 Å². The molecule has 108 valence electrons. The Kier molecular flexibility index (Phi) is 9.08. The minimum Gasteiger partial charge on any atom is -0.339 e. The Hall–Kier alpha value is -0.570. The summed E-state index contributed by atoms with van der Waals surface area (Å²) in [7, 11) is 0. The van der Waals surface area contributed by atoms with E-state index in [2.05, 4.69) is 44.8 Å². The second kappa shape index (κ2) is 9.37. The first kappa shape index (κ1) is 17.4. The van der Waals surface area contributed by atoms with Crippen LogP contribution in [0.25, 0.3) is 0 Å². The molecule has 0 rings (SSSR count). The lowest BCUT2D eigenvalue weighted by molar-refractivity contribution is -0.138. The van der Waals surface area contributed by atoms with Gasteiger partial charge in [-0.15, -0.1) is 0 Å². The van der Waals surface area contributed by atoms with E-state index >= 15 is 0 Å². The van der Waals surface area contributed by atoms with Crippen molar-refractivity contribution in [1.29, 1.82) is 0 Å². The zero-order chi connectivity index (χ0) is 14.1. The Morgan fingerprint density at radius 1 is 1.11 bits per heavy atom. The normalized spacial score (nSPS) is 13.1. The van der Waals surface area contributed by atoms with Crippen molar-refractivity contribution in [3.05, 3.63) is 0 Å². The molecule has 0 aliphatic rings. The minimum absolute atomic E-state index is 0.0734. The summed E-state index contributed by atoms with van der Waals surface area (Å²) in [6.45, 7) is 15.4. The van der Waals surface area contributed by atoms with Crippen LogP contribution in [0.1, 0.15) is 54.4 Å². The molecule has 1 atom stereocenters. The first-order valence-electron chi connectivity index (χ1n) is 7.48. The summed E-state index contributed by atoms with van der Waals surface area (Å²) in [5, 5.41) is 3.26. The van der Waals surface area contributed by atoms with Gasteiger partial charge in [0.1, 0.15) is 0 Å². The molecular formula is C15H32N2O. The summed E-state index contributed by atoms with van der Waals surface area (Å²) < 4.78 is 0. The van der Waals surface area contributed by atoms with Gasteiger partial charge in [-0.2, -0.15) is 0 Å². The molecule has 0 aromatic rings. The highest BCUT2D eigenvalue weighted by Crippen LogP contribution is 2.15. The highest BCUT2D eigenvalue weighted by Gasteiger charge is 2.25. The molecule has 0 aromatic carbocycles. The van der Waals surface area contributed by atoms with Crippen LogP contribution < -0.4 is 5.32 Å². The van der Waals surface area contributed by atoms with Gasteiger partial charge in [-0.1, -0.05) is 41.5 Å². The topological polar surface area (TPSA) is 32.3 Å². The zero-order valence-electron chi connectivity index (χ0n) is 13.1. The van der Waals surface area contributed by atoms with Gasteiger partial charge in [0, 0.05) is 25.0 Å². The maximum atomic E-state index is 12.5. The van der Waals surface area contributed by atoms with Crippen molar-refractivity contribution in [3.8, 4) is 0 Å². The Balaban J connectivity index is 4.66. The summed E-state index contributed by atoms with van der Waals surface area (Å²) in [6.07, 6.45) is 2.09. The lowest BCUT2D eigenvalue weighted by Crippen LogP contribution is -2.46. The summed E-state index contributed by atoms with van der Waals surface area (Å²) in [4.78, 5) is 14.6. The fourth-order valence-electron chi connectivity index (χ4n) is 2.27. The van der Waals surface area contributed by atoms with Gasteiger partial charge in [0.25, 0.3) is 0 Å². The highest BCUT2D eigenvalue weighted by atomic mass is 16.2. The Labute approximate surface area is 113 Å². The number of hydrogen-bond acceptors (Lipinski definition) is 2. The molecule has 0 saturated carbocycles. The molecule has 1 amide bonds. The molecule has 1 unspecified atom stereocenters. The van der Waals surface area contributed by atoms with E-state index in [1.165, 1.54) is 0 Å². The van der Waals surface area contributed by atoms with E-state index in [-0.39, 0.29) is 5.92 Å². The maximum absolute atomic E-state index is 12.5. The van der Waals surface area contributed by atoms with E-state index in [0.717, 1.165) is 32.5 Å². The van der Waals surface area contributed by atoms with Crippen LogP contribution >= 0.6 is 0 Å². The Morgan fingerprint density at radius 2 is 1.67 bits per heavy atom. The molecule has 0 fully saturated rings. The Morgan fingerprint density at radius 3 is 2.06 bits per heavy atom. The van der Waals surface area contributed by atoms with Gasteiger partial charge in [-0.25, -0.2) is 0 Å². The number of carbonyl (C=O) groups excluding carboxylic acids is 1. The molecular weight excluding hydrogens is 224 g/mol. The third-order valence-electron chi connectivity index (χ3n) is 3.35. The lowest BCUT2D eigenvalue weighted by atomic mass is 10.0.